The minimum absolute atomic E-state index is 0.0632. The predicted molar refractivity (Wildman–Crippen MR) is 75.2 cm³/mol. The molecule has 3 rings (SSSR count). The van der Waals surface area contributed by atoms with Gasteiger partial charge in [-0.1, -0.05) is 0 Å². The number of fused-ring (bicyclic) bond motifs is 1. The van der Waals surface area contributed by atoms with Crippen molar-refractivity contribution in [2.45, 2.75) is 0 Å². The third kappa shape index (κ3) is 2.27. The van der Waals surface area contributed by atoms with Gasteiger partial charge in [0, 0.05) is 12.3 Å². The first-order chi connectivity index (χ1) is 10.7. The molecule has 3 aromatic heterocycles. The summed E-state index contributed by atoms with van der Waals surface area (Å²) in [6.07, 6.45) is 5.66. The Hall–Kier alpha value is -3.61. The van der Waals surface area contributed by atoms with E-state index in [1.165, 1.54) is 17.1 Å². The van der Waals surface area contributed by atoms with Crippen molar-refractivity contribution in [3.05, 3.63) is 41.1 Å². The van der Waals surface area contributed by atoms with Gasteiger partial charge >= 0.3 is 5.69 Å². The first-order valence-electron chi connectivity index (χ1n) is 6.10. The zero-order valence-corrected chi connectivity index (χ0v) is 11.0. The molecule has 0 saturated heterocycles. The smallest absolute Gasteiger partial charge is 0.310 e. The second kappa shape index (κ2) is 5.41. The second-order valence-corrected chi connectivity index (χ2v) is 4.19. The van der Waals surface area contributed by atoms with Crippen LogP contribution in [0.15, 0.2) is 31.0 Å². The highest BCUT2D eigenvalue weighted by Gasteiger charge is 2.17. The molecule has 22 heavy (non-hydrogen) atoms. The van der Waals surface area contributed by atoms with E-state index in [4.69, 9.17) is 5.26 Å². The molecule has 0 aliphatic carbocycles. The molecule has 3 heterocycles. The fourth-order valence-corrected chi connectivity index (χ4v) is 1.92. The molecule has 0 bridgehead atoms. The van der Waals surface area contributed by atoms with E-state index in [2.05, 4.69) is 25.4 Å². The lowest BCUT2D eigenvalue weighted by Crippen LogP contribution is -2.06. The molecule has 1 N–H and O–H groups in total. The Bertz CT molecular complexity index is 898. The van der Waals surface area contributed by atoms with Crippen molar-refractivity contribution in [1.29, 1.82) is 5.26 Å². The van der Waals surface area contributed by atoms with Crippen LogP contribution in [-0.2, 0) is 0 Å². The molecule has 0 unspecified atom stereocenters. The van der Waals surface area contributed by atoms with Crippen LogP contribution in [0.2, 0.25) is 0 Å². The molecular formula is C12H8N8O2. The van der Waals surface area contributed by atoms with Gasteiger partial charge in [0.25, 0.3) is 0 Å². The molecule has 0 saturated carbocycles. The Kier molecular flexibility index (Phi) is 3.29. The Morgan fingerprint density at radius 2 is 2.23 bits per heavy atom. The standard InChI is InChI=1S/C12H8N8O2/c13-1-2-15-9-3-11(16-6-10(9)20(21)22)19-12-8(5-18-19)4-14-7-17-12/h3-7H,2H2,(H,15,16). The predicted octanol–water partition coefficient (Wildman–Crippen LogP) is 1.05. The van der Waals surface area contributed by atoms with Crippen LogP contribution in [0, 0.1) is 21.4 Å². The van der Waals surface area contributed by atoms with Gasteiger partial charge in [0.2, 0.25) is 0 Å². The van der Waals surface area contributed by atoms with Crippen molar-refractivity contribution in [2.24, 2.45) is 0 Å². The van der Waals surface area contributed by atoms with Gasteiger partial charge in [0.15, 0.2) is 11.5 Å². The van der Waals surface area contributed by atoms with Crippen LogP contribution >= 0.6 is 0 Å². The lowest BCUT2D eigenvalue weighted by molar-refractivity contribution is -0.384. The lowest BCUT2D eigenvalue weighted by atomic mass is 10.3. The van der Waals surface area contributed by atoms with E-state index in [9.17, 15) is 10.1 Å². The van der Waals surface area contributed by atoms with E-state index in [0.29, 0.717) is 16.9 Å². The normalized spacial score (nSPS) is 10.3. The Morgan fingerprint density at radius 3 is 3.00 bits per heavy atom. The lowest BCUT2D eigenvalue weighted by Gasteiger charge is -2.06. The van der Waals surface area contributed by atoms with Gasteiger partial charge in [-0.15, -0.1) is 0 Å². The third-order valence-corrected chi connectivity index (χ3v) is 2.87. The minimum atomic E-state index is -0.570. The van der Waals surface area contributed by atoms with Crippen LogP contribution < -0.4 is 5.32 Å². The van der Waals surface area contributed by atoms with Crippen LogP contribution in [0.1, 0.15) is 0 Å². The number of anilines is 1. The summed E-state index contributed by atoms with van der Waals surface area (Å²) in [6, 6.07) is 3.32. The van der Waals surface area contributed by atoms with Crippen molar-refractivity contribution in [2.75, 3.05) is 11.9 Å². The van der Waals surface area contributed by atoms with E-state index in [-0.39, 0.29) is 17.9 Å². The second-order valence-electron chi connectivity index (χ2n) is 4.19. The van der Waals surface area contributed by atoms with Gasteiger partial charge < -0.3 is 5.32 Å². The quantitative estimate of drug-likeness (QED) is 0.428. The number of hydrogen-bond donors (Lipinski definition) is 1. The summed E-state index contributed by atoms with van der Waals surface area (Å²) in [5.41, 5.74) is 0.502. The maximum absolute atomic E-state index is 11.0. The van der Waals surface area contributed by atoms with Crippen LogP contribution in [0.5, 0.6) is 0 Å². The zero-order chi connectivity index (χ0) is 15.5. The summed E-state index contributed by atoms with van der Waals surface area (Å²) in [4.78, 5) is 22.5. The third-order valence-electron chi connectivity index (χ3n) is 2.87. The van der Waals surface area contributed by atoms with Gasteiger partial charge in [-0.2, -0.15) is 15.0 Å². The van der Waals surface area contributed by atoms with Crippen molar-refractivity contribution in [3.8, 4) is 11.9 Å². The molecule has 10 heteroatoms. The van der Waals surface area contributed by atoms with Crippen molar-refractivity contribution < 1.29 is 4.92 Å². The number of rotatable bonds is 4. The summed E-state index contributed by atoms with van der Waals surface area (Å²) in [5, 5.41) is 27.2. The van der Waals surface area contributed by atoms with E-state index < -0.39 is 4.92 Å². The SMILES string of the molecule is N#CCNc1cc(-n2ncc3cncnc32)ncc1[N+](=O)[O-]. The largest absolute Gasteiger partial charge is 0.367 e. The Labute approximate surface area is 123 Å². The summed E-state index contributed by atoms with van der Waals surface area (Å²) >= 11 is 0. The monoisotopic (exact) mass is 296 g/mol. The number of nitrogens with zero attached hydrogens (tertiary/aromatic N) is 7. The van der Waals surface area contributed by atoms with E-state index in [1.807, 2.05) is 6.07 Å². The number of aromatic nitrogens is 5. The van der Waals surface area contributed by atoms with Gasteiger partial charge in [-0.05, 0) is 0 Å². The summed E-state index contributed by atoms with van der Waals surface area (Å²) in [7, 11) is 0. The van der Waals surface area contributed by atoms with Crippen LogP contribution in [0.3, 0.4) is 0 Å². The van der Waals surface area contributed by atoms with Crippen molar-refractivity contribution >= 4 is 22.4 Å². The maximum atomic E-state index is 11.0. The molecule has 0 atom stereocenters. The number of nitriles is 1. The van der Waals surface area contributed by atoms with E-state index in [1.54, 1.807) is 12.4 Å². The van der Waals surface area contributed by atoms with Crippen LogP contribution in [0.4, 0.5) is 11.4 Å². The molecule has 0 amide bonds. The molecule has 0 aliphatic rings. The summed E-state index contributed by atoms with van der Waals surface area (Å²) in [6.45, 7) is -0.0632. The Morgan fingerprint density at radius 1 is 1.36 bits per heavy atom. The van der Waals surface area contributed by atoms with Crippen molar-refractivity contribution in [3.63, 3.8) is 0 Å². The van der Waals surface area contributed by atoms with Gasteiger partial charge in [-0.3, -0.25) is 10.1 Å². The molecule has 3 aromatic rings. The molecule has 0 spiro atoms. The topological polar surface area (TPSA) is 135 Å². The summed E-state index contributed by atoms with van der Waals surface area (Å²) < 4.78 is 1.44. The van der Waals surface area contributed by atoms with Gasteiger partial charge in [0.1, 0.15) is 24.8 Å². The highest BCUT2D eigenvalue weighted by atomic mass is 16.6. The highest BCUT2D eigenvalue weighted by Crippen LogP contribution is 2.25. The first-order valence-corrected chi connectivity index (χ1v) is 6.10. The van der Waals surface area contributed by atoms with Gasteiger partial charge in [0.05, 0.1) is 22.6 Å². The zero-order valence-electron chi connectivity index (χ0n) is 11.0. The maximum Gasteiger partial charge on any atom is 0.310 e. The molecule has 108 valence electrons. The molecule has 0 aliphatic heterocycles. The first kappa shape index (κ1) is 13.4. The minimum Gasteiger partial charge on any atom is -0.367 e. The fourth-order valence-electron chi connectivity index (χ4n) is 1.92. The average Bonchev–Trinajstić information content (AvgIpc) is 2.96. The Balaban J connectivity index is 2.11. The molecule has 10 nitrogen and oxygen atoms in total. The number of nitro groups is 1. The van der Waals surface area contributed by atoms with E-state index in [0.717, 1.165) is 6.20 Å². The van der Waals surface area contributed by atoms with Crippen molar-refractivity contribution in [1.82, 2.24) is 24.7 Å². The molecule has 0 fully saturated rings. The highest BCUT2D eigenvalue weighted by molar-refractivity contribution is 5.75. The molecular weight excluding hydrogens is 288 g/mol. The summed E-state index contributed by atoms with van der Waals surface area (Å²) in [5.74, 6) is 0.347. The number of hydrogen-bond acceptors (Lipinski definition) is 8. The molecule has 0 radical (unpaired) electrons. The number of nitrogens with one attached hydrogen (secondary N) is 1. The fraction of sp³-hybridized carbons (Fsp3) is 0.0833. The van der Waals surface area contributed by atoms with Gasteiger partial charge in [-0.25, -0.2) is 15.0 Å². The molecule has 0 aromatic carbocycles. The van der Waals surface area contributed by atoms with E-state index >= 15 is 0 Å². The van der Waals surface area contributed by atoms with Crippen LogP contribution in [-0.4, -0.2) is 36.2 Å². The van der Waals surface area contributed by atoms with Crippen LogP contribution in [0.25, 0.3) is 16.9 Å². The number of pyridine rings is 1. The average molecular weight is 296 g/mol.